The lowest BCUT2D eigenvalue weighted by atomic mass is 10.0. The maximum absolute atomic E-state index is 6.28. The zero-order valence-electron chi connectivity index (χ0n) is 12.1. The highest BCUT2D eigenvalue weighted by Gasteiger charge is 2.09. The van der Waals surface area contributed by atoms with Gasteiger partial charge in [-0.2, -0.15) is 5.10 Å². The van der Waals surface area contributed by atoms with Crippen LogP contribution in [0.3, 0.4) is 0 Å². The van der Waals surface area contributed by atoms with Crippen LogP contribution < -0.4 is 5.73 Å². The van der Waals surface area contributed by atoms with E-state index in [0.717, 1.165) is 11.3 Å². The van der Waals surface area contributed by atoms with Crippen molar-refractivity contribution in [1.82, 2.24) is 9.78 Å². The van der Waals surface area contributed by atoms with E-state index in [0.29, 0.717) is 6.54 Å². The average Bonchev–Trinajstić information content (AvgIpc) is 2.93. The lowest BCUT2D eigenvalue weighted by Gasteiger charge is -2.14. The van der Waals surface area contributed by atoms with Crippen LogP contribution in [0.25, 0.3) is 11.1 Å². The first-order chi connectivity index (χ1) is 10.2. The van der Waals surface area contributed by atoms with Crippen molar-refractivity contribution in [3.8, 4) is 11.1 Å². The molecule has 0 aliphatic carbocycles. The molecule has 3 heteroatoms. The fourth-order valence-electron chi connectivity index (χ4n) is 2.44. The van der Waals surface area contributed by atoms with Crippen molar-refractivity contribution in [2.45, 2.75) is 19.5 Å². The summed E-state index contributed by atoms with van der Waals surface area (Å²) in [5.74, 6) is 0. The largest absolute Gasteiger partial charge is 0.322 e. The second kappa shape index (κ2) is 5.94. The molecule has 3 rings (SSSR count). The zero-order chi connectivity index (χ0) is 14.7. The van der Waals surface area contributed by atoms with E-state index in [-0.39, 0.29) is 6.04 Å². The first kappa shape index (κ1) is 13.6. The van der Waals surface area contributed by atoms with Gasteiger partial charge in [-0.1, -0.05) is 54.6 Å². The summed E-state index contributed by atoms with van der Waals surface area (Å²) in [6.45, 7) is 2.74. The topological polar surface area (TPSA) is 43.8 Å². The third kappa shape index (κ3) is 3.03. The summed E-state index contributed by atoms with van der Waals surface area (Å²) in [5.41, 5.74) is 11.0. The van der Waals surface area contributed by atoms with Crippen molar-refractivity contribution in [2.24, 2.45) is 5.73 Å². The monoisotopic (exact) mass is 277 g/mol. The quantitative estimate of drug-likeness (QED) is 0.792. The molecule has 1 aromatic heterocycles. The number of hydrogen-bond acceptors (Lipinski definition) is 2. The molecule has 0 fully saturated rings. The van der Waals surface area contributed by atoms with Crippen LogP contribution in [0.5, 0.6) is 0 Å². The number of nitrogens with zero attached hydrogens (tertiary/aromatic N) is 2. The van der Waals surface area contributed by atoms with E-state index in [1.807, 2.05) is 23.7 Å². The van der Waals surface area contributed by atoms with Crippen LogP contribution in [0.4, 0.5) is 0 Å². The SMILES string of the molecule is Cc1ccnn1CC(N)c1ccc(-c2ccccc2)cc1. The number of nitrogens with two attached hydrogens (primary N) is 1. The number of aromatic nitrogens is 2. The van der Waals surface area contributed by atoms with Crippen LogP contribution in [-0.2, 0) is 6.54 Å². The Labute approximate surface area is 125 Å². The van der Waals surface area contributed by atoms with E-state index in [4.69, 9.17) is 5.73 Å². The average molecular weight is 277 g/mol. The Balaban J connectivity index is 1.76. The van der Waals surface area contributed by atoms with Crippen LogP contribution >= 0.6 is 0 Å². The minimum absolute atomic E-state index is 0.0478. The Bertz CT molecular complexity index is 699. The van der Waals surface area contributed by atoms with Gasteiger partial charge in [-0.05, 0) is 29.7 Å². The summed E-state index contributed by atoms with van der Waals surface area (Å²) in [6.07, 6.45) is 1.81. The maximum Gasteiger partial charge on any atom is 0.0605 e. The fraction of sp³-hybridized carbons (Fsp3) is 0.167. The molecule has 1 unspecified atom stereocenters. The predicted molar refractivity (Wildman–Crippen MR) is 85.8 cm³/mol. The van der Waals surface area contributed by atoms with Gasteiger partial charge in [0, 0.05) is 17.9 Å². The molecular weight excluding hydrogens is 258 g/mol. The first-order valence-electron chi connectivity index (χ1n) is 7.13. The smallest absolute Gasteiger partial charge is 0.0605 e. The minimum atomic E-state index is -0.0478. The molecule has 0 amide bonds. The third-order valence-corrected chi connectivity index (χ3v) is 3.74. The lowest BCUT2D eigenvalue weighted by Crippen LogP contribution is -2.19. The van der Waals surface area contributed by atoms with Gasteiger partial charge in [0.05, 0.1) is 6.54 Å². The van der Waals surface area contributed by atoms with Crippen LogP contribution in [-0.4, -0.2) is 9.78 Å². The summed E-state index contributed by atoms with van der Waals surface area (Å²) in [5, 5.41) is 4.28. The summed E-state index contributed by atoms with van der Waals surface area (Å²) in [6, 6.07) is 20.8. The van der Waals surface area contributed by atoms with Gasteiger partial charge in [-0.25, -0.2) is 0 Å². The molecule has 0 radical (unpaired) electrons. The molecule has 3 nitrogen and oxygen atoms in total. The van der Waals surface area contributed by atoms with E-state index in [9.17, 15) is 0 Å². The van der Waals surface area contributed by atoms with Crippen molar-refractivity contribution < 1.29 is 0 Å². The van der Waals surface area contributed by atoms with E-state index < -0.39 is 0 Å². The van der Waals surface area contributed by atoms with Crippen molar-refractivity contribution in [3.05, 3.63) is 78.1 Å². The number of hydrogen-bond donors (Lipinski definition) is 1. The molecule has 2 aromatic carbocycles. The molecular formula is C18H19N3. The Kier molecular flexibility index (Phi) is 3.84. The molecule has 21 heavy (non-hydrogen) atoms. The van der Waals surface area contributed by atoms with Gasteiger partial charge in [-0.3, -0.25) is 4.68 Å². The van der Waals surface area contributed by atoms with Gasteiger partial charge in [-0.15, -0.1) is 0 Å². The maximum atomic E-state index is 6.28. The highest BCUT2D eigenvalue weighted by molar-refractivity contribution is 5.63. The van der Waals surface area contributed by atoms with E-state index in [1.54, 1.807) is 6.20 Å². The van der Waals surface area contributed by atoms with E-state index in [1.165, 1.54) is 11.1 Å². The Morgan fingerprint density at radius 3 is 2.24 bits per heavy atom. The molecule has 106 valence electrons. The zero-order valence-corrected chi connectivity index (χ0v) is 12.1. The van der Waals surface area contributed by atoms with Crippen molar-refractivity contribution >= 4 is 0 Å². The van der Waals surface area contributed by atoms with Crippen LogP contribution in [0.15, 0.2) is 66.9 Å². The Morgan fingerprint density at radius 1 is 0.952 bits per heavy atom. The Hall–Kier alpha value is -2.39. The van der Waals surface area contributed by atoms with Crippen molar-refractivity contribution in [1.29, 1.82) is 0 Å². The molecule has 0 aliphatic heterocycles. The van der Waals surface area contributed by atoms with Gasteiger partial charge in [0.25, 0.3) is 0 Å². The molecule has 1 heterocycles. The summed E-state index contributed by atoms with van der Waals surface area (Å²) in [7, 11) is 0. The van der Waals surface area contributed by atoms with E-state index >= 15 is 0 Å². The van der Waals surface area contributed by atoms with Gasteiger partial charge >= 0.3 is 0 Å². The summed E-state index contributed by atoms with van der Waals surface area (Å²) in [4.78, 5) is 0. The standard InChI is InChI=1S/C18H19N3/c1-14-11-12-20-21(14)13-18(19)17-9-7-16(8-10-17)15-5-3-2-4-6-15/h2-12,18H,13,19H2,1H3. The second-order valence-electron chi connectivity index (χ2n) is 5.25. The van der Waals surface area contributed by atoms with Gasteiger partial charge in [0.15, 0.2) is 0 Å². The number of aryl methyl sites for hydroxylation is 1. The van der Waals surface area contributed by atoms with Crippen molar-refractivity contribution in [3.63, 3.8) is 0 Å². The third-order valence-electron chi connectivity index (χ3n) is 3.74. The first-order valence-corrected chi connectivity index (χ1v) is 7.13. The predicted octanol–water partition coefficient (Wildman–Crippen LogP) is 3.56. The minimum Gasteiger partial charge on any atom is -0.322 e. The molecule has 0 aliphatic rings. The van der Waals surface area contributed by atoms with Gasteiger partial charge in [0.2, 0.25) is 0 Å². The molecule has 0 saturated carbocycles. The van der Waals surface area contributed by atoms with Gasteiger partial charge < -0.3 is 5.73 Å². The highest BCUT2D eigenvalue weighted by atomic mass is 15.3. The highest BCUT2D eigenvalue weighted by Crippen LogP contribution is 2.21. The molecule has 2 N–H and O–H groups in total. The van der Waals surface area contributed by atoms with Crippen LogP contribution in [0.1, 0.15) is 17.3 Å². The second-order valence-corrected chi connectivity index (χ2v) is 5.25. The van der Waals surface area contributed by atoms with Crippen LogP contribution in [0, 0.1) is 6.92 Å². The molecule has 3 aromatic rings. The molecule has 1 atom stereocenters. The summed E-state index contributed by atoms with van der Waals surface area (Å²) < 4.78 is 1.94. The Morgan fingerprint density at radius 2 is 1.62 bits per heavy atom. The van der Waals surface area contributed by atoms with Gasteiger partial charge in [0.1, 0.15) is 0 Å². The molecule has 0 saturated heterocycles. The fourth-order valence-corrected chi connectivity index (χ4v) is 2.44. The molecule has 0 spiro atoms. The summed E-state index contributed by atoms with van der Waals surface area (Å²) >= 11 is 0. The number of benzene rings is 2. The number of rotatable bonds is 4. The lowest BCUT2D eigenvalue weighted by molar-refractivity contribution is 0.517. The van der Waals surface area contributed by atoms with Crippen LogP contribution in [0.2, 0.25) is 0 Å². The molecule has 0 bridgehead atoms. The van der Waals surface area contributed by atoms with E-state index in [2.05, 4.69) is 53.6 Å². The normalized spacial score (nSPS) is 12.3. The van der Waals surface area contributed by atoms with Crippen molar-refractivity contribution in [2.75, 3.05) is 0 Å².